The van der Waals surface area contributed by atoms with Crippen LogP contribution in [0.3, 0.4) is 0 Å². The van der Waals surface area contributed by atoms with Gasteiger partial charge in [-0.25, -0.2) is 0 Å². The number of alkyl halides is 2. The van der Waals surface area contributed by atoms with Crippen LogP contribution in [-0.2, 0) is 9.53 Å². The smallest absolute Gasteiger partial charge is 0.309 e. The van der Waals surface area contributed by atoms with Crippen molar-refractivity contribution in [3.05, 3.63) is 12.2 Å². The van der Waals surface area contributed by atoms with E-state index in [1.54, 1.807) is 0 Å². The van der Waals surface area contributed by atoms with Gasteiger partial charge in [0.25, 0.3) is 0 Å². The van der Waals surface area contributed by atoms with E-state index in [0.29, 0.717) is 18.9 Å². The minimum Gasteiger partial charge on any atom is -0.465 e. The van der Waals surface area contributed by atoms with Gasteiger partial charge in [0.05, 0.1) is 12.5 Å². The molecule has 0 radical (unpaired) electrons. The zero-order chi connectivity index (χ0) is 13.9. The van der Waals surface area contributed by atoms with Gasteiger partial charge in [0.15, 0.2) is 0 Å². The van der Waals surface area contributed by atoms with Crippen molar-refractivity contribution in [3.8, 4) is 0 Å². The zero-order valence-electron chi connectivity index (χ0n) is 11.4. The van der Waals surface area contributed by atoms with Crippen LogP contribution in [0, 0.1) is 41.4 Å². The molecule has 7 atom stereocenters. The fourth-order valence-corrected chi connectivity index (χ4v) is 5.82. The summed E-state index contributed by atoms with van der Waals surface area (Å²) in [7, 11) is 0. The summed E-state index contributed by atoms with van der Waals surface area (Å²) in [6.45, 7) is 0.352. The van der Waals surface area contributed by atoms with E-state index in [0.717, 1.165) is 36.0 Å². The molecule has 3 saturated carbocycles. The summed E-state index contributed by atoms with van der Waals surface area (Å²) in [6, 6.07) is 0. The Morgan fingerprint density at radius 1 is 1.15 bits per heavy atom. The Kier molecular flexibility index (Phi) is 3.30. The van der Waals surface area contributed by atoms with Crippen LogP contribution in [0.4, 0.5) is 0 Å². The number of esters is 1. The molecule has 0 aromatic rings. The second-order valence-electron chi connectivity index (χ2n) is 6.95. The molecule has 3 fully saturated rings. The van der Waals surface area contributed by atoms with Crippen LogP contribution in [0.25, 0.3) is 0 Å². The molecule has 4 bridgehead atoms. The van der Waals surface area contributed by atoms with E-state index in [1.165, 1.54) is 12.8 Å². The van der Waals surface area contributed by atoms with Crippen LogP contribution in [0.15, 0.2) is 12.2 Å². The maximum Gasteiger partial charge on any atom is 0.309 e. The lowest BCUT2D eigenvalue weighted by atomic mass is 9.69. The van der Waals surface area contributed by atoms with Crippen molar-refractivity contribution >= 4 is 29.2 Å². The number of carbonyl (C=O) groups is 1. The van der Waals surface area contributed by atoms with Crippen LogP contribution >= 0.6 is 23.2 Å². The molecule has 4 heteroatoms. The molecule has 0 aliphatic heterocycles. The average molecular weight is 315 g/mol. The third-order valence-corrected chi connectivity index (χ3v) is 6.59. The molecular formula is C16H20Cl2O2. The Morgan fingerprint density at radius 3 is 2.65 bits per heavy atom. The van der Waals surface area contributed by atoms with Gasteiger partial charge in [-0.1, -0.05) is 12.2 Å². The third-order valence-electron chi connectivity index (χ3n) is 6.15. The largest absolute Gasteiger partial charge is 0.465 e. The summed E-state index contributed by atoms with van der Waals surface area (Å²) in [6.07, 6.45) is 8.99. The third kappa shape index (κ3) is 1.94. The standard InChI is InChI=1S/C16H20Cl2O2/c17-13(18)3-4-20-16(19)12-7-10-6-11(12)15-9-2-1-8(5-9)14(10)15/h1-2,8-15H,3-7H2. The Balaban J connectivity index is 1.40. The topological polar surface area (TPSA) is 26.3 Å². The molecule has 0 heterocycles. The van der Waals surface area contributed by atoms with Crippen LogP contribution in [0.1, 0.15) is 25.7 Å². The zero-order valence-corrected chi connectivity index (χ0v) is 12.9. The minimum atomic E-state index is -0.442. The van der Waals surface area contributed by atoms with Crippen molar-refractivity contribution in [2.24, 2.45) is 41.4 Å². The summed E-state index contributed by atoms with van der Waals surface area (Å²) in [5, 5.41) is 0. The van der Waals surface area contributed by atoms with Crippen molar-refractivity contribution in [1.29, 1.82) is 0 Å². The molecule has 0 aromatic carbocycles. The van der Waals surface area contributed by atoms with Gasteiger partial charge < -0.3 is 4.74 Å². The number of hydrogen-bond donors (Lipinski definition) is 0. The van der Waals surface area contributed by atoms with E-state index in [4.69, 9.17) is 27.9 Å². The second-order valence-corrected chi connectivity index (χ2v) is 8.23. The lowest BCUT2D eigenvalue weighted by Crippen LogP contribution is -2.35. The average Bonchev–Trinajstić information content (AvgIpc) is 3.15. The monoisotopic (exact) mass is 314 g/mol. The molecule has 0 spiro atoms. The highest BCUT2D eigenvalue weighted by atomic mass is 35.5. The molecular weight excluding hydrogens is 295 g/mol. The number of rotatable bonds is 4. The SMILES string of the molecule is O=C(OCCC(Cl)Cl)C1CC2CC1C1C3C=CC(C3)C21. The van der Waals surface area contributed by atoms with Crippen molar-refractivity contribution < 1.29 is 9.53 Å². The molecule has 7 unspecified atom stereocenters. The maximum atomic E-state index is 12.3. The summed E-state index contributed by atoms with van der Waals surface area (Å²) in [5.41, 5.74) is 0. The van der Waals surface area contributed by atoms with E-state index < -0.39 is 4.84 Å². The van der Waals surface area contributed by atoms with E-state index >= 15 is 0 Å². The van der Waals surface area contributed by atoms with Crippen molar-refractivity contribution in [2.75, 3.05) is 6.61 Å². The number of fused-ring (bicyclic) bond motifs is 9. The molecule has 4 aliphatic rings. The van der Waals surface area contributed by atoms with Gasteiger partial charge in [0.1, 0.15) is 4.84 Å². The van der Waals surface area contributed by atoms with Crippen LogP contribution in [-0.4, -0.2) is 17.4 Å². The number of hydrogen-bond acceptors (Lipinski definition) is 2. The van der Waals surface area contributed by atoms with Crippen LogP contribution in [0.5, 0.6) is 0 Å². The van der Waals surface area contributed by atoms with Crippen molar-refractivity contribution in [2.45, 2.75) is 30.5 Å². The second kappa shape index (κ2) is 4.91. The highest BCUT2D eigenvalue weighted by Crippen LogP contribution is 2.67. The van der Waals surface area contributed by atoms with Gasteiger partial charge in [-0.2, -0.15) is 0 Å². The van der Waals surface area contributed by atoms with Crippen LogP contribution < -0.4 is 0 Å². The lowest BCUT2D eigenvalue weighted by molar-refractivity contribution is -0.151. The van der Waals surface area contributed by atoms with E-state index in [1.807, 2.05) is 0 Å². The first-order chi connectivity index (χ1) is 9.65. The number of halogens is 2. The summed E-state index contributed by atoms with van der Waals surface area (Å²) in [4.78, 5) is 11.8. The summed E-state index contributed by atoms with van der Waals surface area (Å²) in [5.74, 6) is 4.64. The normalized spacial score (nSPS) is 47.2. The predicted molar refractivity (Wildman–Crippen MR) is 78.5 cm³/mol. The van der Waals surface area contributed by atoms with E-state index in [2.05, 4.69) is 12.2 Å². The quantitative estimate of drug-likeness (QED) is 0.341. The molecule has 2 nitrogen and oxygen atoms in total. The summed E-state index contributed by atoms with van der Waals surface area (Å²) >= 11 is 11.3. The summed E-state index contributed by atoms with van der Waals surface area (Å²) < 4.78 is 5.39. The molecule has 4 aliphatic carbocycles. The highest BCUT2D eigenvalue weighted by molar-refractivity contribution is 6.44. The number of ether oxygens (including phenoxy) is 1. The Bertz CT molecular complexity index is 448. The maximum absolute atomic E-state index is 12.3. The fraction of sp³-hybridized carbons (Fsp3) is 0.812. The molecule has 4 rings (SSSR count). The fourth-order valence-electron chi connectivity index (χ4n) is 5.64. The minimum absolute atomic E-state index is 0.00307. The lowest BCUT2D eigenvalue weighted by Gasteiger charge is -2.35. The first-order valence-corrected chi connectivity index (χ1v) is 8.65. The Labute approximate surface area is 129 Å². The molecule has 20 heavy (non-hydrogen) atoms. The molecule has 0 N–H and O–H groups in total. The van der Waals surface area contributed by atoms with Gasteiger partial charge in [-0.05, 0) is 54.8 Å². The Hall–Kier alpha value is -0.210. The van der Waals surface area contributed by atoms with Crippen molar-refractivity contribution in [3.63, 3.8) is 0 Å². The highest BCUT2D eigenvalue weighted by Gasteiger charge is 2.62. The molecule has 110 valence electrons. The van der Waals surface area contributed by atoms with Crippen molar-refractivity contribution in [1.82, 2.24) is 0 Å². The van der Waals surface area contributed by atoms with Gasteiger partial charge in [-0.3, -0.25) is 4.79 Å². The molecule has 0 amide bonds. The van der Waals surface area contributed by atoms with Gasteiger partial charge in [-0.15, -0.1) is 23.2 Å². The van der Waals surface area contributed by atoms with Gasteiger partial charge in [0, 0.05) is 6.42 Å². The van der Waals surface area contributed by atoms with Crippen LogP contribution in [0.2, 0.25) is 0 Å². The molecule has 0 aromatic heterocycles. The van der Waals surface area contributed by atoms with Gasteiger partial charge >= 0.3 is 5.97 Å². The van der Waals surface area contributed by atoms with E-state index in [9.17, 15) is 4.79 Å². The first kappa shape index (κ1) is 13.5. The number of carbonyl (C=O) groups excluding carboxylic acids is 1. The molecule has 0 saturated heterocycles. The Morgan fingerprint density at radius 2 is 1.90 bits per heavy atom. The van der Waals surface area contributed by atoms with E-state index in [-0.39, 0.29) is 11.9 Å². The predicted octanol–water partition coefficient (Wildman–Crippen LogP) is 3.82. The first-order valence-electron chi connectivity index (χ1n) is 7.78. The number of allylic oxidation sites excluding steroid dienone is 2. The van der Waals surface area contributed by atoms with Gasteiger partial charge in [0.2, 0.25) is 0 Å².